The molecule has 3 fully saturated rings. The monoisotopic (exact) mass is 1480 g/mol. The van der Waals surface area contributed by atoms with E-state index in [9.17, 15) is 63.5 Å². The second kappa shape index (κ2) is 40.3. The van der Waals surface area contributed by atoms with Crippen molar-refractivity contribution in [3.63, 3.8) is 0 Å². The first-order valence-corrected chi connectivity index (χ1v) is 35.6. The van der Waals surface area contributed by atoms with Crippen LogP contribution in [-0.2, 0) is 41.1 Å². The number of halogens is 9. The summed E-state index contributed by atoms with van der Waals surface area (Å²) in [4.78, 5) is 74.1. The Balaban J connectivity index is 0.000000223. The molecule has 3 aliphatic rings. The summed E-state index contributed by atoms with van der Waals surface area (Å²) in [6, 6.07) is 37.1. The minimum Gasteiger partial charge on any atom is -0.493 e. The van der Waals surface area contributed by atoms with E-state index in [-0.39, 0.29) is 47.6 Å². The van der Waals surface area contributed by atoms with Crippen LogP contribution in [0.5, 0.6) is 11.5 Å². The number of hydrogen-bond acceptors (Lipinski definition) is 11. The van der Waals surface area contributed by atoms with Crippen LogP contribution in [0, 0.1) is 0 Å². The number of amides is 8. The van der Waals surface area contributed by atoms with Crippen molar-refractivity contribution < 1.29 is 77.7 Å². The zero-order valence-electron chi connectivity index (χ0n) is 60.4. The predicted molar refractivity (Wildman–Crippen MR) is 388 cm³/mol. The Morgan fingerprint density at radius 3 is 1.50 bits per heavy atom. The molecule has 9 rings (SSSR count). The number of hydrogen-bond donors (Lipinski definition) is 6. The molecule has 3 heterocycles. The van der Waals surface area contributed by atoms with Gasteiger partial charge in [-0.2, -0.15) is 39.5 Å². The number of benzene rings is 6. The van der Waals surface area contributed by atoms with Gasteiger partial charge in [-0.25, -0.2) is 19.2 Å². The van der Waals surface area contributed by atoms with Crippen LogP contribution < -0.4 is 41.4 Å². The molecule has 19 nitrogen and oxygen atoms in total. The molecule has 6 N–H and O–H groups in total. The summed E-state index contributed by atoms with van der Waals surface area (Å²) < 4.78 is 134. The SMILES string of the molecule is CCCC(C)N1CCC(N(CCNC(=O)CC)C(=O)Nc2cccc(C(F)(F)F)c2)CC1.CCCC(C)N1CCC(N(Cc2ccccc2)C(=O)Nc2cccc(OC)c2OC)CC1.O=C(Nc1cccc(C(F)(F)F)c1)N[C@H]1CCN(Cc2ccccc2)C[C@@H]1OC(=O)Nc1cccc(C(F)(F)F)c1. The van der Waals surface area contributed by atoms with Gasteiger partial charge >= 0.3 is 42.7 Å². The lowest BCUT2D eigenvalue weighted by Crippen LogP contribution is -2.56. The van der Waals surface area contributed by atoms with Crippen molar-refractivity contribution in [2.45, 2.75) is 167 Å². The maximum Gasteiger partial charge on any atom is 0.416 e. The number of rotatable bonds is 24. The molecular weight excluding hydrogens is 1380 g/mol. The molecule has 572 valence electrons. The van der Waals surface area contributed by atoms with Gasteiger partial charge in [0, 0.05) is 113 Å². The van der Waals surface area contributed by atoms with Crippen molar-refractivity contribution in [1.29, 1.82) is 0 Å². The molecule has 0 aromatic heterocycles. The van der Waals surface area contributed by atoms with Crippen molar-refractivity contribution in [3.05, 3.63) is 179 Å². The summed E-state index contributed by atoms with van der Waals surface area (Å²) in [7, 11) is 3.18. The van der Waals surface area contributed by atoms with Gasteiger partial charge in [0.25, 0.3) is 0 Å². The Morgan fingerprint density at radius 2 is 1.01 bits per heavy atom. The van der Waals surface area contributed by atoms with Crippen molar-refractivity contribution in [1.82, 2.24) is 35.1 Å². The zero-order chi connectivity index (χ0) is 76.3. The first kappa shape index (κ1) is 83.0. The number of urea groups is 3. The Labute approximate surface area is 608 Å². The highest BCUT2D eigenvalue weighted by Crippen LogP contribution is 2.37. The fourth-order valence-electron chi connectivity index (χ4n) is 13.1. The molecule has 0 saturated carbocycles. The van der Waals surface area contributed by atoms with E-state index in [1.54, 1.807) is 26.0 Å². The van der Waals surface area contributed by atoms with E-state index in [4.69, 9.17) is 14.2 Å². The molecule has 6 aromatic carbocycles. The topological polar surface area (TPSA) is 201 Å². The Kier molecular flexibility index (Phi) is 31.8. The average molecular weight is 1480 g/mol. The van der Waals surface area contributed by atoms with Crippen LogP contribution in [0.1, 0.15) is 127 Å². The summed E-state index contributed by atoms with van der Waals surface area (Å²) in [6.07, 6.45) is -6.79. The number of para-hydroxylation sites is 1. The van der Waals surface area contributed by atoms with Gasteiger partial charge in [-0.05, 0) is 137 Å². The molecule has 3 aliphatic heterocycles. The maximum absolute atomic E-state index is 13.5. The minimum absolute atomic E-state index is 0.0376. The number of likely N-dealkylation sites (tertiary alicyclic amines) is 3. The number of nitrogens with one attached hydrogen (secondary N) is 6. The molecule has 2 unspecified atom stereocenters. The summed E-state index contributed by atoms with van der Waals surface area (Å²) in [6.45, 7) is 16.8. The number of nitrogens with zero attached hydrogens (tertiary/aromatic N) is 5. The van der Waals surface area contributed by atoms with E-state index in [0.29, 0.717) is 74.8 Å². The summed E-state index contributed by atoms with van der Waals surface area (Å²) in [5.41, 5.74) is -0.0759. The Hall–Kier alpha value is -9.28. The van der Waals surface area contributed by atoms with Gasteiger partial charge in [-0.3, -0.25) is 15.0 Å². The molecule has 0 spiro atoms. The average Bonchev–Trinajstić information content (AvgIpc) is 0.825. The maximum atomic E-state index is 13.5. The molecule has 28 heteroatoms. The summed E-state index contributed by atoms with van der Waals surface area (Å²) in [5.74, 6) is 1.02. The highest BCUT2D eigenvalue weighted by molar-refractivity contribution is 5.92. The molecule has 4 atom stereocenters. The first-order valence-electron chi connectivity index (χ1n) is 35.6. The standard InChI is InChI=1S/C28H26F6N4O3.C26H37N3O3.C23H35F3N4O2/c29-27(30,31)19-8-4-10-21(14-19)35-25(39)37-23-12-13-38(16-18-6-2-1-3-7-18)17-24(23)41-26(40)36-22-11-5-9-20(15-22)28(32,33)34;1-5-10-20(2)28-17-15-22(16-18-28)29(19-21-11-7-6-8-12-21)26(30)27-23-13-9-14-24(31-3)25(23)32-4;1-4-7-17(3)29-13-10-20(11-14-29)30(15-12-27-21(31)5-2)22(32)28-19-9-6-8-18(16-19)23(24,25)26/h1-11,14-15,23-24H,12-13,16-17H2,(H,36,40)(H2,35,37,39);6-9,11-14,20,22H,5,10,15-19H2,1-4H3,(H,27,30);6,8-9,16-17,20H,4-5,7,10-15H2,1-3H3,(H,27,31)(H,28,32)/t23-,24-;;/m0../s1. The van der Waals surface area contributed by atoms with E-state index in [0.717, 1.165) is 124 Å². The fourth-order valence-corrected chi connectivity index (χ4v) is 13.1. The quantitative estimate of drug-likeness (QED) is 0.0315. The van der Waals surface area contributed by atoms with E-state index >= 15 is 0 Å². The van der Waals surface area contributed by atoms with Crippen molar-refractivity contribution in [2.75, 3.05) is 87.8 Å². The van der Waals surface area contributed by atoms with Crippen LogP contribution in [0.15, 0.2) is 152 Å². The smallest absolute Gasteiger partial charge is 0.416 e. The highest BCUT2D eigenvalue weighted by Gasteiger charge is 2.37. The third-order valence-corrected chi connectivity index (χ3v) is 18.7. The molecule has 3 saturated heterocycles. The summed E-state index contributed by atoms with van der Waals surface area (Å²) >= 11 is 0. The fraction of sp³-hybridized carbons (Fsp3) is 0.468. The predicted octanol–water partition coefficient (Wildman–Crippen LogP) is 16.8. The van der Waals surface area contributed by atoms with Crippen LogP contribution in [-0.4, -0.2) is 157 Å². The second-order valence-corrected chi connectivity index (χ2v) is 26.2. The molecule has 6 aromatic rings. The lowest BCUT2D eigenvalue weighted by Gasteiger charge is -2.40. The van der Waals surface area contributed by atoms with Gasteiger partial charge in [0.15, 0.2) is 11.5 Å². The Morgan fingerprint density at radius 1 is 0.533 bits per heavy atom. The molecule has 0 bridgehead atoms. The van der Waals surface area contributed by atoms with E-state index in [1.807, 2.05) is 76.5 Å². The largest absolute Gasteiger partial charge is 0.493 e. The summed E-state index contributed by atoms with van der Waals surface area (Å²) in [5, 5.41) is 15.8. The van der Waals surface area contributed by atoms with Crippen LogP contribution in [0.3, 0.4) is 0 Å². The molecule has 8 amide bonds. The minimum atomic E-state index is -4.61. The van der Waals surface area contributed by atoms with Crippen LogP contribution in [0.4, 0.5) is 81.4 Å². The van der Waals surface area contributed by atoms with Gasteiger partial charge in [-0.15, -0.1) is 0 Å². The van der Waals surface area contributed by atoms with Crippen LogP contribution >= 0.6 is 0 Å². The highest BCUT2D eigenvalue weighted by atomic mass is 19.4. The molecule has 105 heavy (non-hydrogen) atoms. The van der Waals surface area contributed by atoms with Gasteiger partial charge < -0.3 is 60.4 Å². The van der Waals surface area contributed by atoms with Crippen molar-refractivity contribution in [2.24, 2.45) is 0 Å². The lowest BCUT2D eigenvalue weighted by atomic mass is 10.00. The van der Waals surface area contributed by atoms with E-state index in [1.165, 1.54) is 37.1 Å². The van der Waals surface area contributed by atoms with Gasteiger partial charge in [0.05, 0.1) is 42.6 Å². The number of carbonyl (C=O) groups is 5. The van der Waals surface area contributed by atoms with E-state index < -0.39 is 65.5 Å². The number of carbonyl (C=O) groups excluding carboxylic acids is 5. The van der Waals surface area contributed by atoms with Crippen LogP contribution in [0.25, 0.3) is 0 Å². The molecule has 0 aliphatic carbocycles. The first-order chi connectivity index (χ1) is 50.1. The zero-order valence-corrected chi connectivity index (χ0v) is 60.4. The number of methoxy groups -OCH3 is 2. The third kappa shape index (κ3) is 26.4. The van der Waals surface area contributed by atoms with Crippen molar-refractivity contribution in [3.8, 4) is 11.5 Å². The van der Waals surface area contributed by atoms with Crippen molar-refractivity contribution >= 4 is 52.8 Å². The van der Waals surface area contributed by atoms with Crippen LogP contribution in [0.2, 0.25) is 0 Å². The number of anilines is 4. The lowest BCUT2D eigenvalue weighted by molar-refractivity contribution is -0.138. The number of piperidine rings is 3. The molecular formula is C77H98F9N11O8. The second-order valence-electron chi connectivity index (χ2n) is 26.2. The number of ether oxygens (including phenoxy) is 3. The van der Waals surface area contributed by atoms with Gasteiger partial charge in [-0.1, -0.05) is 119 Å². The Bertz CT molecular complexity index is 3690. The third-order valence-electron chi connectivity index (χ3n) is 18.7. The normalized spacial score (nSPS) is 16.8. The van der Waals surface area contributed by atoms with Gasteiger partial charge in [0.2, 0.25) is 5.91 Å². The number of alkyl halides is 9. The molecule has 0 radical (unpaired) electrons. The van der Waals surface area contributed by atoms with E-state index in [2.05, 4.69) is 81.5 Å². The van der Waals surface area contributed by atoms with Gasteiger partial charge in [0.1, 0.15) is 6.10 Å².